The molecular formula is C13H21NO2. The van der Waals surface area contributed by atoms with Crippen molar-refractivity contribution in [1.29, 1.82) is 5.26 Å². The first-order chi connectivity index (χ1) is 7.40. The van der Waals surface area contributed by atoms with Crippen molar-refractivity contribution in [3.63, 3.8) is 0 Å². The number of esters is 1. The van der Waals surface area contributed by atoms with E-state index < -0.39 is 0 Å². The third-order valence-corrected chi connectivity index (χ3v) is 4.10. The number of hydrogen-bond donors (Lipinski definition) is 0. The van der Waals surface area contributed by atoms with Gasteiger partial charge in [-0.05, 0) is 37.5 Å². The molecule has 16 heavy (non-hydrogen) atoms. The summed E-state index contributed by atoms with van der Waals surface area (Å²) in [6.45, 7) is 7.72. The van der Waals surface area contributed by atoms with E-state index in [9.17, 15) is 4.79 Å². The molecular weight excluding hydrogens is 202 g/mol. The molecule has 0 aromatic carbocycles. The minimum absolute atomic E-state index is 0.206. The standard InChI is InChI=1S/C13H21NO2/c1-9(6-8-14)12-5-7-13(4,10(12)2)16-11(3)15/h9-10,12H,5-7H2,1-4H3/t9?,10-,12-,13-/m1/s1. The molecule has 3 nitrogen and oxygen atoms in total. The van der Waals surface area contributed by atoms with Gasteiger partial charge in [-0.2, -0.15) is 5.26 Å². The van der Waals surface area contributed by atoms with Gasteiger partial charge in [0.2, 0.25) is 0 Å². The topological polar surface area (TPSA) is 50.1 Å². The Morgan fingerprint density at radius 3 is 2.81 bits per heavy atom. The van der Waals surface area contributed by atoms with Crippen molar-refractivity contribution in [2.45, 2.75) is 52.6 Å². The largest absolute Gasteiger partial charge is 0.459 e. The molecule has 0 bridgehead atoms. The molecule has 1 aliphatic rings. The molecule has 1 unspecified atom stereocenters. The zero-order valence-electron chi connectivity index (χ0n) is 10.6. The summed E-state index contributed by atoms with van der Waals surface area (Å²) < 4.78 is 5.45. The van der Waals surface area contributed by atoms with Crippen LogP contribution in [0.3, 0.4) is 0 Å². The van der Waals surface area contributed by atoms with Gasteiger partial charge in [-0.1, -0.05) is 13.8 Å². The lowest BCUT2D eigenvalue weighted by Gasteiger charge is -2.32. The van der Waals surface area contributed by atoms with Crippen molar-refractivity contribution in [2.24, 2.45) is 17.8 Å². The molecule has 1 rings (SSSR count). The maximum absolute atomic E-state index is 11.1. The number of rotatable bonds is 3. The summed E-state index contributed by atoms with van der Waals surface area (Å²) in [5.74, 6) is 1.00. The van der Waals surface area contributed by atoms with Crippen molar-refractivity contribution in [3.05, 3.63) is 0 Å². The minimum Gasteiger partial charge on any atom is -0.459 e. The van der Waals surface area contributed by atoms with E-state index in [0.29, 0.717) is 24.2 Å². The number of hydrogen-bond acceptors (Lipinski definition) is 3. The Morgan fingerprint density at radius 1 is 1.69 bits per heavy atom. The number of carbonyl (C=O) groups is 1. The van der Waals surface area contributed by atoms with Crippen LogP contribution < -0.4 is 0 Å². The Bertz CT molecular complexity index is 308. The summed E-state index contributed by atoms with van der Waals surface area (Å²) in [5.41, 5.74) is -0.333. The van der Waals surface area contributed by atoms with Gasteiger partial charge in [0.25, 0.3) is 0 Å². The zero-order valence-corrected chi connectivity index (χ0v) is 10.6. The fraction of sp³-hybridized carbons (Fsp3) is 0.846. The maximum Gasteiger partial charge on any atom is 0.303 e. The van der Waals surface area contributed by atoms with Crippen LogP contribution in [0.5, 0.6) is 0 Å². The predicted molar refractivity (Wildman–Crippen MR) is 61.5 cm³/mol. The average molecular weight is 223 g/mol. The lowest BCUT2D eigenvalue weighted by atomic mass is 9.80. The second kappa shape index (κ2) is 4.86. The fourth-order valence-corrected chi connectivity index (χ4v) is 2.93. The Balaban J connectivity index is 2.69. The normalized spacial score (nSPS) is 35.4. The highest BCUT2D eigenvalue weighted by atomic mass is 16.6. The van der Waals surface area contributed by atoms with Gasteiger partial charge in [0, 0.05) is 13.3 Å². The summed E-state index contributed by atoms with van der Waals surface area (Å²) in [6, 6.07) is 2.23. The molecule has 0 spiro atoms. The van der Waals surface area contributed by atoms with Crippen LogP contribution in [0.1, 0.15) is 47.0 Å². The minimum atomic E-state index is -0.333. The van der Waals surface area contributed by atoms with E-state index in [-0.39, 0.29) is 11.6 Å². The average Bonchev–Trinajstić information content (AvgIpc) is 2.43. The van der Waals surface area contributed by atoms with E-state index in [1.165, 1.54) is 6.92 Å². The van der Waals surface area contributed by atoms with Crippen molar-refractivity contribution < 1.29 is 9.53 Å². The summed E-state index contributed by atoms with van der Waals surface area (Å²) in [5, 5.41) is 8.72. The molecule has 0 aliphatic heterocycles. The highest BCUT2D eigenvalue weighted by Crippen LogP contribution is 2.46. The molecule has 0 aromatic rings. The monoisotopic (exact) mass is 223 g/mol. The van der Waals surface area contributed by atoms with Gasteiger partial charge in [0.05, 0.1) is 6.07 Å². The molecule has 0 N–H and O–H groups in total. The molecule has 1 saturated carbocycles. The van der Waals surface area contributed by atoms with Crippen LogP contribution in [0.2, 0.25) is 0 Å². The number of nitrogens with zero attached hydrogens (tertiary/aromatic N) is 1. The van der Waals surface area contributed by atoms with Crippen molar-refractivity contribution in [3.8, 4) is 6.07 Å². The molecule has 4 atom stereocenters. The van der Waals surface area contributed by atoms with Gasteiger partial charge in [-0.25, -0.2) is 0 Å². The zero-order chi connectivity index (χ0) is 12.3. The Morgan fingerprint density at radius 2 is 2.31 bits per heavy atom. The van der Waals surface area contributed by atoms with Crippen molar-refractivity contribution >= 4 is 5.97 Å². The van der Waals surface area contributed by atoms with Gasteiger partial charge in [0.15, 0.2) is 0 Å². The number of ether oxygens (including phenoxy) is 1. The first-order valence-corrected chi connectivity index (χ1v) is 5.97. The molecule has 0 heterocycles. The quantitative estimate of drug-likeness (QED) is 0.691. The Labute approximate surface area is 97.8 Å². The Kier molecular flexibility index (Phi) is 3.96. The van der Waals surface area contributed by atoms with Gasteiger partial charge < -0.3 is 4.74 Å². The predicted octanol–water partition coefficient (Wildman–Crippen LogP) is 2.90. The van der Waals surface area contributed by atoms with Crippen molar-refractivity contribution in [2.75, 3.05) is 0 Å². The first kappa shape index (κ1) is 13.0. The van der Waals surface area contributed by atoms with Crippen LogP contribution in [0.25, 0.3) is 0 Å². The fourth-order valence-electron chi connectivity index (χ4n) is 2.93. The van der Waals surface area contributed by atoms with Gasteiger partial charge in [-0.3, -0.25) is 4.79 Å². The Hall–Kier alpha value is -1.04. The maximum atomic E-state index is 11.1. The van der Waals surface area contributed by atoms with Crippen LogP contribution in [-0.2, 0) is 9.53 Å². The summed E-state index contributed by atoms with van der Waals surface area (Å²) in [6.07, 6.45) is 2.55. The number of carbonyl (C=O) groups excluding carboxylic acids is 1. The van der Waals surface area contributed by atoms with E-state index in [1.807, 2.05) is 6.92 Å². The number of nitriles is 1. The van der Waals surface area contributed by atoms with Gasteiger partial charge in [0.1, 0.15) is 5.60 Å². The highest BCUT2D eigenvalue weighted by molar-refractivity contribution is 5.66. The van der Waals surface area contributed by atoms with Gasteiger partial charge >= 0.3 is 5.97 Å². The second-order valence-electron chi connectivity index (χ2n) is 5.24. The smallest absolute Gasteiger partial charge is 0.303 e. The summed E-state index contributed by atoms with van der Waals surface area (Å²) in [7, 11) is 0. The van der Waals surface area contributed by atoms with Crippen LogP contribution in [0, 0.1) is 29.1 Å². The molecule has 3 heteroatoms. The van der Waals surface area contributed by atoms with Crippen LogP contribution in [0.4, 0.5) is 0 Å². The second-order valence-corrected chi connectivity index (χ2v) is 5.24. The lowest BCUT2D eigenvalue weighted by molar-refractivity contribution is -0.159. The van der Waals surface area contributed by atoms with E-state index in [4.69, 9.17) is 10.00 Å². The highest BCUT2D eigenvalue weighted by Gasteiger charge is 2.46. The summed E-state index contributed by atoms with van der Waals surface area (Å²) >= 11 is 0. The molecule has 0 aromatic heterocycles. The van der Waals surface area contributed by atoms with Crippen molar-refractivity contribution in [1.82, 2.24) is 0 Å². The third kappa shape index (κ3) is 2.55. The van der Waals surface area contributed by atoms with E-state index >= 15 is 0 Å². The first-order valence-electron chi connectivity index (χ1n) is 5.97. The van der Waals surface area contributed by atoms with Crippen LogP contribution >= 0.6 is 0 Å². The van der Waals surface area contributed by atoms with E-state index in [2.05, 4.69) is 19.9 Å². The molecule has 1 fully saturated rings. The van der Waals surface area contributed by atoms with E-state index in [1.54, 1.807) is 0 Å². The molecule has 90 valence electrons. The van der Waals surface area contributed by atoms with Gasteiger partial charge in [-0.15, -0.1) is 0 Å². The van der Waals surface area contributed by atoms with Crippen LogP contribution in [0.15, 0.2) is 0 Å². The summed E-state index contributed by atoms with van der Waals surface area (Å²) in [4.78, 5) is 11.1. The third-order valence-electron chi connectivity index (χ3n) is 4.10. The van der Waals surface area contributed by atoms with Crippen LogP contribution in [-0.4, -0.2) is 11.6 Å². The molecule has 1 aliphatic carbocycles. The lowest BCUT2D eigenvalue weighted by Crippen LogP contribution is -2.36. The molecule has 0 amide bonds. The van der Waals surface area contributed by atoms with E-state index in [0.717, 1.165) is 12.8 Å². The SMILES string of the molecule is CC(=O)O[C@]1(C)CC[C@H](C(C)CC#N)[C@H]1C. The molecule has 0 saturated heterocycles. The molecule has 0 radical (unpaired) electrons.